The fourth-order valence-electron chi connectivity index (χ4n) is 0.763. The van der Waals surface area contributed by atoms with Gasteiger partial charge in [-0.05, 0) is 6.92 Å². The molecule has 2 nitrogen and oxygen atoms in total. The molecule has 0 aliphatic rings. The lowest BCUT2D eigenvalue weighted by molar-refractivity contribution is 0.322. The lowest BCUT2D eigenvalue weighted by Crippen LogP contribution is -1.83. The van der Waals surface area contributed by atoms with Crippen molar-refractivity contribution >= 4 is 0 Å². The van der Waals surface area contributed by atoms with Crippen LogP contribution >= 0.6 is 0 Å². The van der Waals surface area contributed by atoms with Gasteiger partial charge in [0.1, 0.15) is 17.6 Å². The van der Waals surface area contributed by atoms with Gasteiger partial charge in [-0.1, -0.05) is 19.0 Å². The molecule has 0 aliphatic heterocycles. The minimum absolute atomic E-state index is 0.273. The Labute approximate surface area is 65.4 Å². The van der Waals surface area contributed by atoms with E-state index in [-0.39, 0.29) is 5.92 Å². The van der Waals surface area contributed by atoms with Gasteiger partial charge in [-0.3, -0.25) is 0 Å². The minimum Gasteiger partial charge on any atom is -0.361 e. The molecule has 1 heterocycles. The van der Waals surface area contributed by atoms with Crippen molar-refractivity contribution < 1.29 is 8.91 Å². The van der Waals surface area contributed by atoms with Crippen LogP contribution in [0.5, 0.6) is 0 Å². The van der Waals surface area contributed by atoms with Crippen molar-refractivity contribution in [2.75, 3.05) is 0 Å². The topological polar surface area (TPSA) is 26.0 Å². The predicted molar refractivity (Wildman–Crippen MR) is 40.1 cm³/mol. The Kier molecular flexibility index (Phi) is 2.27. The number of rotatable bonds is 2. The molecule has 0 radical (unpaired) electrons. The summed E-state index contributed by atoms with van der Waals surface area (Å²) in [7, 11) is 0. The highest BCUT2D eigenvalue weighted by Crippen LogP contribution is 2.20. The molecule has 0 aliphatic carbocycles. The Morgan fingerprint density at radius 1 is 1.45 bits per heavy atom. The molecule has 1 atom stereocenters. The van der Waals surface area contributed by atoms with Crippen molar-refractivity contribution in [2.45, 2.75) is 32.9 Å². The second-order valence-corrected chi connectivity index (χ2v) is 2.92. The number of halogens is 1. The average Bonchev–Trinajstić information content (AvgIpc) is 2.33. The maximum atomic E-state index is 12.6. The first-order valence-corrected chi connectivity index (χ1v) is 3.72. The highest BCUT2D eigenvalue weighted by atomic mass is 19.1. The number of hydrogen-bond donors (Lipinski definition) is 0. The molecule has 11 heavy (non-hydrogen) atoms. The van der Waals surface area contributed by atoms with Crippen LogP contribution in [0.15, 0.2) is 10.6 Å². The van der Waals surface area contributed by atoms with Gasteiger partial charge in [0, 0.05) is 12.0 Å². The summed E-state index contributed by atoms with van der Waals surface area (Å²) in [6.07, 6.45) is -1.04. The molecule has 1 unspecified atom stereocenters. The van der Waals surface area contributed by atoms with Crippen molar-refractivity contribution in [3.63, 3.8) is 0 Å². The largest absolute Gasteiger partial charge is 0.361 e. The van der Waals surface area contributed by atoms with E-state index in [1.54, 1.807) is 6.07 Å². The fraction of sp³-hybridized carbons (Fsp3) is 0.625. The van der Waals surface area contributed by atoms with Gasteiger partial charge in [-0.25, -0.2) is 4.39 Å². The minimum atomic E-state index is -1.04. The van der Waals surface area contributed by atoms with Crippen LogP contribution in [0.1, 0.15) is 44.3 Å². The van der Waals surface area contributed by atoms with E-state index in [1.165, 1.54) is 6.92 Å². The van der Waals surface area contributed by atoms with E-state index < -0.39 is 6.17 Å². The molecular weight excluding hydrogens is 145 g/mol. The fourth-order valence-corrected chi connectivity index (χ4v) is 0.763. The van der Waals surface area contributed by atoms with Gasteiger partial charge < -0.3 is 4.52 Å². The Bertz CT molecular complexity index is 207. The SMILES string of the molecule is CC(C)c1cc(C(C)F)no1. The molecule has 0 saturated carbocycles. The van der Waals surface area contributed by atoms with Gasteiger partial charge in [0.15, 0.2) is 0 Å². The first-order valence-electron chi connectivity index (χ1n) is 3.72. The van der Waals surface area contributed by atoms with Crippen LogP contribution in [0.4, 0.5) is 4.39 Å². The number of hydrogen-bond acceptors (Lipinski definition) is 2. The van der Waals surface area contributed by atoms with Crippen molar-refractivity contribution in [1.29, 1.82) is 0 Å². The Morgan fingerprint density at radius 3 is 2.36 bits per heavy atom. The van der Waals surface area contributed by atoms with Gasteiger partial charge in [0.05, 0.1) is 0 Å². The van der Waals surface area contributed by atoms with Crippen LogP contribution in [0.25, 0.3) is 0 Å². The molecule has 62 valence electrons. The maximum absolute atomic E-state index is 12.6. The van der Waals surface area contributed by atoms with Crippen molar-refractivity contribution in [1.82, 2.24) is 5.16 Å². The number of aromatic nitrogens is 1. The quantitative estimate of drug-likeness (QED) is 0.659. The van der Waals surface area contributed by atoms with Gasteiger partial charge in [-0.15, -0.1) is 0 Å². The molecule has 3 heteroatoms. The van der Waals surface area contributed by atoms with E-state index in [2.05, 4.69) is 5.16 Å². The number of alkyl halides is 1. The van der Waals surface area contributed by atoms with Crippen LogP contribution in [-0.4, -0.2) is 5.16 Å². The lowest BCUT2D eigenvalue weighted by atomic mass is 10.1. The van der Waals surface area contributed by atoms with Gasteiger partial charge >= 0.3 is 0 Å². The highest BCUT2D eigenvalue weighted by molar-refractivity contribution is 5.10. The van der Waals surface area contributed by atoms with Gasteiger partial charge in [0.25, 0.3) is 0 Å². The van der Waals surface area contributed by atoms with Crippen LogP contribution < -0.4 is 0 Å². The standard InChI is InChI=1S/C8H12FNO/c1-5(2)8-4-7(6(3)9)10-11-8/h4-6H,1-3H3. The predicted octanol–water partition coefficient (Wildman–Crippen LogP) is 2.83. The zero-order valence-corrected chi connectivity index (χ0v) is 6.97. The summed E-state index contributed by atoms with van der Waals surface area (Å²) >= 11 is 0. The Balaban J connectivity index is 2.82. The molecule has 1 aromatic rings. The van der Waals surface area contributed by atoms with Crippen LogP contribution in [0.2, 0.25) is 0 Å². The Morgan fingerprint density at radius 2 is 2.09 bits per heavy atom. The summed E-state index contributed by atoms with van der Waals surface area (Å²) in [6.45, 7) is 5.41. The van der Waals surface area contributed by atoms with Crippen molar-refractivity contribution in [3.8, 4) is 0 Å². The summed E-state index contributed by atoms with van der Waals surface area (Å²) in [4.78, 5) is 0. The summed E-state index contributed by atoms with van der Waals surface area (Å²) in [5.74, 6) is 1.01. The van der Waals surface area contributed by atoms with E-state index in [9.17, 15) is 4.39 Å². The first-order chi connectivity index (χ1) is 5.11. The second-order valence-electron chi connectivity index (χ2n) is 2.92. The molecular formula is C8H12FNO. The normalized spacial score (nSPS) is 13.9. The summed E-state index contributed by atoms with van der Waals surface area (Å²) < 4.78 is 17.5. The molecule has 0 N–H and O–H groups in total. The highest BCUT2D eigenvalue weighted by Gasteiger charge is 2.11. The second kappa shape index (κ2) is 3.03. The summed E-state index contributed by atoms with van der Waals surface area (Å²) in [5.41, 5.74) is 0.383. The molecule has 0 spiro atoms. The van der Waals surface area contributed by atoms with E-state index in [4.69, 9.17) is 4.52 Å². The smallest absolute Gasteiger partial charge is 0.143 e. The molecule has 0 amide bonds. The molecule has 1 aromatic heterocycles. The van der Waals surface area contributed by atoms with Gasteiger partial charge in [-0.2, -0.15) is 0 Å². The van der Waals surface area contributed by atoms with E-state index in [1.807, 2.05) is 13.8 Å². The third-order valence-electron chi connectivity index (χ3n) is 1.52. The maximum Gasteiger partial charge on any atom is 0.143 e. The van der Waals surface area contributed by atoms with Gasteiger partial charge in [0.2, 0.25) is 0 Å². The summed E-state index contributed by atoms with van der Waals surface area (Å²) in [5, 5.41) is 3.59. The third kappa shape index (κ3) is 1.79. The van der Waals surface area contributed by atoms with Crippen molar-refractivity contribution in [3.05, 3.63) is 17.5 Å². The lowest BCUT2D eigenvalue weighted by Gasteiger charge is -1.93. The number of nitrogens with zero attached hydrogens (tertiary/aromatic N) is 1. The zero-order valence-electron chi connectivity index (χ0n) is 6.97. The zero-order chi connectivity index (χ0) is 8.43. The molecule has 0 saturated heterocycles. The van der Waals surface area contributed by atoms with Crippen molar-refractivity contribution in [2.24, 2.45) is 0 Å². The van der Waals surface area contributed by atoms with E-state index in [0.717, 1.165) is 5.76 Å². The molecule has 1 rings (SSSR count). The van der Waals surface area contributed by atoms with E-state index in [0.29, 0.717) is 5.69 Å². The monoisotopic (exact) mass is 157 g/mol. The van der Waals surface area contributed by atoms with E-state index >= 15 is 0 Å². The Hall–Kier alpha value is -0.860. The molecule has 0 fully saturated rings. The van der Waals surface area contributed by atoms with Crippen LogP contribution in [-0.2, 0) is 0 Å². The molecule has 0 aromatic carbocycles. The third-order valence-corrected chi connectivity index (χ3v) is 1.52. The summed E-state index contributed by atoms with van der Waals surface area (Å²) in [6, 6.07) is 1.66. The van der Waals surface area contributed by atoms with Crippen LogP contribution in [0, 0.1) is 0 Å². The first kappa shape index (κ1) is 8.24. The average molecular weight is 157 g/mol. The molecule has 0 bridgehead atoms. The van der Waals surface area contributed by atoms with Crippen LogP contribution in [0.3, 0.4) is 0 Å².